The summed E-state index contributed by atoms with van der Waals surface area (Å²) in [6.07, 6.45) is 7.19. The van der Waals surface area contributed by atoms with Crippen LogP contribution in [0.15, 0.2) is 97.6 Å². The number of imidazole rings is 5. The van der Waals surface area contributed by atoms with Crippen molar-refractivity contribution >= 4 is 27.9 Å². The molecule has 2 aromatic carbocycles. The summed E-state index contributed by atoms with van der Waals surface area (Å²) in [5, 5.41) is 3.60. The predicted molar refractivity (Wildman–Crippen MR) is 244 cm³/mol. The number of ether oxygens (including phenoxy) is 1. The zero-order valence-corrected chi connectivity index (χ0v) is 36.3. The molecule has 0 fully saturated rings. The number of nitrogens with zero attached hydrogens (tertiary/aromatic N) is 12. The van der Waals surface area contributed by atoms with Gasteiger partial charge in [0.25, 0.3) is 0 Å². The van der Waals surface area contributed by atoms with Crippen molar-refractivity contribution in [2.45, 2.75) is 13.0 Å². The Hall–Kier alpha value is -7.59. The van der Waals surface area contributed by atoms with Crippen molar-refractivity contribution in [3.8, 4) is 80.5 Å². The molecule has 0 spiro atoms. The molecule has 0 amide bonds. The molecule has 10 rings (SSSR count). The lowest BCUT2D eigenvalue weighted by molar-refractivity contribution is 0.326. The van der Waals surface area contributed by atoms with Crippen LogP contribution < -0.4 is 10.1 Å². The Kier molecular flexibility index (Phi) is 9.24. The van der Waals surface area contributed by atoms with Crippen molar-refractivity contribution in [3.63, 3.8) is 0 Å². The molecule has 1 atom stereocenters. The van der Waals surface area contributed by atoms with Crippen molar-refractivity contribution in [1.29, 1.82) is 0 Å². The van der Waals surface area contributed by atoms with Crippen molar-refractivity contribution in [2.75, 3.05) is 26.0 Å². The van der Waals surface area contributed by atoms with Crippen LogP contribution in [0.2, 0.25) is 0 Å². The van der Waals surface area contributed by atoms with Gasteiger partial charge in [-0.3, -0.25) is 4.57 Å². The number of anilines is 1. The Morgan fingerprint density at radius 3 is 1.95 bits per heavy atom. The first-order chi connectivity index (χ1) is 29.9. The summed E-state index contributed by atoms with van der Waals surface area (Å²) in [5.74, 6) is 4.69. The van der Waals surface area contributed by atoms with Gasteiger partial charge in [-0.05, 0) is 81.7 Å². The number of likely N-dealkylation sites (N-methyl/N-ethyl adjacent to an activating group) is 1. The highest BCUT2D eigenvalue weighted by Gasteiger charge is 2.21. The van der Waals surface area contributed by atoms with Crippen molar-refractivity contribution in [1.82, 2.24) is 67.2 Å². The smallest absolute Gasteiger partial charge is 0.301 e. The predicted octanol–water partition coefficient (Wildman–Crippen LogP) is 7.81. The lowest BCUT2D eigenvalue weighted by Gasteiger charge is -2.21. The Morgan fingerprint density at radius 1 is 0.613 bits per heavy atom. The number of hydrogen-bond donors (Lipinski definition) is 3. The monoisotopic (exact) mass is 827 g/mol. The van der Waals surface area contributed by atoms with Gasteiger partial charge in [0.1, 0.15) is 11.5 Å². The molecular weight excluding hydrogens is 779 g/mol. The van der Waals surface area contributed by atoms with Gasteiger partial charge in [-0.1, -0.05) is 12.1 Å². The highest BCUT2D eigenvalue weighted by Crippen LogP contribution is 2.35. The Labute approximate surface area is 358 Å². The highest BCUT2D eigenvalue weighted by molar-refractivity contribution is 5.85. The average Bonchev–Trinajstić information content (AvgIpc) is 4.13. The second kappa shape index (κ2) is 14.8. The first-order valence-corrected chi connectivity index (χ1v) is 20.5. The number of nitrogens with one attached hydrogen (secondary N) is 3. The minimum Gasteiger partial charge on any atom is -0.407 e. The van der Waals surface area contributed by atoms with Crippen molar-refractivity contribution in [3.05, 3.63) is 97.6 Å². The fraction of sp³-hybridized carbons (Fsp3) is 0.239. The largest absolute Gasteiger partial charge is 0.407 e. The summed E-state index contributed by atoms with van der Waals surface area (Å²) in [5.41, 5.74) is 12.0. The van der Waals surface area contributed by atoms with E-state index in [1.165, 1.54) is 0 Å². The molecule has 0 aliphatic carbocycles. The summed E-state index contributed by atoms with van der Waals surface area (Å²) in [6, 6.07) is 26.3. The first kappa shape index (κ1) is 38.6. The standard InChI is InChI=1S/C46H49N15O/c1-27(55(2)3)24-48-40-19-18-37(59(40)7)36-16-14-34(57(36)5)28-10-12-30-32(22-28)52-42(51-30)39-25-49-43(60(39)8)38-17-15-35(58(38)6)29-11-13-31-33(23-29)54-46(53-31)62-41-26-50-45(61(41)9)44-47-20-21-56(44)4/h10-23,25-27,48H,24H2,1-9H3,(H,51,52)(H,53,54). The van der Waals surface area contributed by atoms with E-state index in [9.17, 15) is 0 Å². The van der Waals surface area contributed by atoms with Crippen LogP contribution in [0.1, 0.15) is 6.92 Å². The number of hydrogen-bond acceptors (Lipinski definition) is 8. The summed E-state index contributed by atoms with van der Waals surface area (Å²) in [7, 11) is 16.4. The van der Waals surface area contributed by atoms with E-state index < -0.39 is 0 Å². The molecule has 10 aromatic rings. The van der Waals surface area contributed by atoms with E-state index in [2.05, 4.69) is 162 Å². The Balaban J connectivity index is 0.872. The van der Waals surface area contributed by atoms with Crippen LogP contribution >= 0.6 is 0 Å². The van der Waals surface area contributed by atoms with Gasteiger partial charge in [0.05, 0.1) is 51.5 Å². The first-order valence-electron chi connectivity index (χ1n) is 20.5. The fourth-order valence-corrected chi connectivity index (χ4v) is 8.19. The van der Waals surface area contributed by atoms with Crippen LogP contribution in [0.5, 0.6) is 11.9 Å². The van der Waals surface area contributed by atoms with Gasteiger partial charge < -0.3 is 47.8 Å². The zero-order chi connectivity index (χ0) is 43.0. The minimum atomic E-state index is 0.381. The van der Waals surface area contributed by atoms with Crippen LogP contribution in [0, 0.1) is 0 Å². The van der Waals surface area contributed by atoms with E-state index in [4.69, 9.17) is 14.7 Å². The molecular formula is C46H49N15O. The number of aromatic nitrogens is 13. The fourth-order valence-electron chi connectivity index (χ4n) is 8.19. The third-order valence-electron chi connectivity index (χ3n) is 12.2. The highest BCUT2D eigenvalue weighted by atomic mass is 16.5. The maximum absolute atomic E-state index is 6.15. The summed E-state index contributed by atoms with van der Waals surface area (Å²) < 4.78 is 18.6. The third-order valence-corrected chi connectivity index (χ3v) is 12.2. The summed E-state index contributed by atoms with van der Waals surface area (Å²) in [6.45, 7) is 3.09. The van der Waals surface area contributed by atoms with Gasteiger partial charge in [0.2, 0.25) is 5.88 Å². The number of rotatable bonds is 12. The van der Waals surface area contributed by atoms with Gasteiger partial charge >= 0.3 is 6.01 Å². The van der Waals surface area contributed by atoms with Crippen LogP contribution in [-0.2, 0) is 42.3 Å². The molecule has 0 aliphatic heterocycles. The van der Waals surface area contributed by atoms with Gasteiger partial charge in [-0.25, -0.2) is 19.9 Å². The molecule has 0 bridgehead atoms. The van der Waals surface area contributed by atoms with Crippen molar-refractivity contribution in [2.24, 2.45) is 42.3 Å². The zero-order valence-electron chi connectivity index (χ0n) is 36.3. The number of fused-ring (bicyclic) bond motifs is 2. The van der Waals surface area contributed by atoms with Crippen LogP contribution in [0.25, 0.3) is 90.7 Å². The van der Waals surface area contributed by atoms with E-state index in [1.807, 2.05) is 48.7 Å². The van der Waals surface area contributed by atoms with Gasteiger partial charge in [0, 0.05) is 89.8 Å². The molecule has 62 heavy (non-hydrogen) atoms. The van der Waals surface area contributed by atoms with Crippen LogP contribution in [0.3, 0.4) is 0 Å². The summed E-state index contributed by atoms with van der Waals surface area (Å²) in [4.78, 5) is 32.7. The lowest BCUT2D eigenvalue weighted by Crippen LogP contribution is -2.31. The molecule has 0 aliphatic rings. The molecule has 0 radical (unpaired) electrons. The number of aromatic amines is 2. The topological polar surface area (TPSA) is 150 Å². The van der Waals surface area contributed by atoms with Gasteiger partial charge in [-0.2, -0.15) is 4.98 Å². The van der Waals surface area contributed by atoms with E-state index in [0.29, 0.717) is 23.8 Å². The molecule has 0 saturated heterocycles. The Bertz CT molecular complexity index is 3260. The molecule has 314 valence electrons. The molecule has 8 heterocycles. The van der Waals surface area contributed by atoms with Crippen LogP contribution in [-0.4, -0.2) is 93.9 Å². The number of aryl methyl sites for hydroxylation is 1. The Morgan fingerprint density at radius 2 is 1.24 bits per heavy atom. The van der Waals surface area contributed by atoms with E-state index in [-0.39, 0.29) is 0 Å². The third kappa shape index (κ3) is 6.46. The van der Waals surface area contributed by atoms with Gasteiger partial charge in [-0.15, -0.1) is 0 Å². The minimum absolute atomic E-state index is 0.381. The quantitative estimate of drug-likeness (QED) is 0.113. The molecule has 0 saturated carbocycles. The molecule has 1 unspecified atom stereocenters. The maximum atomic E-state index is 6.15. The molecule has 8 aromatic heterocycles. The second-order valence-corrected chi connectivity index (χ2v) is 16.2. The SMILES string of the molecule is CC(CNc1ccc(-c2ccc(-c3ccc4nc(-c5cnc(-c6ccc(-c7ccc8nc(Oc9cnc(-c%10nccn%10C)n9C)[nH]c8c7)n6C)n5C)[nH]c4c3)n2C)n1C)N(C)C. The average molecular weight is 828 g/mol. The van der Waals surface area contributed by atoms with E-state index in [1.54, 1.807) is 12.4 Å². The number of H-pyrrole nitrogens is 2. The summed E-state index contributed by atoms with van der Waals surface area (Å²) >= 11 is 0. The van der Waals surface area contributed by atoms with E-state index >= 15 is 0 Å². The number of benzene rings is 2. The second-order valence-electron chi connectivity index (χ2n) is 16.2. The van der Waals surface area contributed by atoms with E-state index in [0.717, 1.165) is 97.2 Å². The molecule has 3 N–H and O–H groups in total. The lowest BCUT2D eigenvalue weighted by atomic mass is 10.1. The van der Waals surface area contributed by atoms with Gasteiger partial charge in [0.15, 0.2) is 23.3 Å². The van der Waals surface area contributed by atoms with Crippen LogP contribution in [0.4, 0.5) is 5.82 Å². The maximum Gasteiger partial charge on any atom is 0.301 e. The molecule has 16 nitrogen and oxygen atoms in total. The molecule has 16 heteroatoms. The normalized spacial score (nSPS) is 12.4. The van der Waals surface area contributed by atoms with Crippen molar-refractivity contribution < 1.29 is 4.74 Å².